The molecule has 0 aliphatic carbocycles. The molecule has 0 bridgehead atoms. The van der Waals surface area contributed by atoms with Gasteiger partial charge in [-0.3, -0.25) is 0 Å². The number of nitrogens with one attached hydrogen (secondary N) is 1. The third-order valence-corrected chi connectivity index (χ3v) is 6.00. The summed E-state index contributed by atoms with van der Waals surface area (Å²) in [6.45, 7) is 1.46. The number of aromatic nitrogens is 3. The van der Waals surface area contributed by atoms with Crippen LogP contribution in [0.5, 0.6) is 0 Å². The first-order valence-corrected chi connectivity index (χ1v) is 8.65. The summed E-state index contributed by atoms with van der Waals surface area (Å²) in [4.78, 5) is 0. The molecule has 1 aromatic carbocycles. The maximum absolute atomic E-state index is 12.9. The van der Waals surface area contributed by atoms with Gasteiger partial charge in [0.1, 0.15) is 0 Å². The Hall–Kier alpha value is -1.48. The second-order valence-electron chi connectivity index (χ2n) is 5.05. The van der Waals surface area contributed by atoms with Crippen molar-refractivity contribution in [1.82, 2.24) is 24.6 Å². The van der Waals surface area contributed by atoms with Gasteiger partial charge in [0.15, 0.2) is 5.03 Å². The summed E-state index contributed by atoms with van der Waals surface area (Å²) in [7, 11) is -2.13. The molecule has 1 atom stereocenters. The zero-order chi connectivity index (χ0) is 15.7. The minimum absolute atomic E-state index is 0.0754. The number of sulfonamides is 1. The molecule has 0 spiro atoms. The molecular weight excluding hydrogens is 326 g/mol. The topological polar surface area (TPSA) is 80.1 Å². The molecule has 0 amide bonds. The summed E-state index contributed by atoms with van der Waals surface area (Å²) in [5.41, 5.74) is 0.787. The minimum Gasteiger partial charge on any atom is -0.313 e. The molecule has 1 fully saturated rings. The van der Waals surface area contributed by atoms with Gasteiger partial charge in [0.2, 0.25) is 0 Å². The van der Waals surface area contributed by atoms with Gasteiger partial charge in [-0.15, -0.1) is 5.10 Å². The van der Waals surface area contributed by atoms with Crippen LogP contribution in [-0.4, -0.2) is 47.4 Å². The number of benzene rings is 1. The third kappa shape index (κ3) is 2.63. The highest BCUT2D eigenvalue weighted by Crippen LogP contribution is 2.32. The van der Waals surface area contributed by atoms with Crippen molar-refractivity contribution in [3.05, 3.63) is 41.0 Å². The Morgan fingerprint density at radius 3 is 2.82 bits per heavy atom. The van der Waals surface area contributed by atoms with Crippen molar-refractivity contribution >= 4 is 21.6 Å². The van der Waals surface area contributed by atoms with E-state index in [0.29, 0.717) is 24.7 Å². The number of halogens is 1. The highest BCUT2D eigenvalue weighted by Gasteiger charge is 2.37. The monoisotopic (exact) mass is 341 g/mol. The third-order valence-electron chi connectivity index (χ3n) is 3.70. The molecule has 2 aromatic rings. The molecule has 1 aliphatic rings. The number of aryl methyl sites for hydroxylation is 1. The van der Waals surface area contributed by atoms with Crippen LogP contribution >= 0.6 is 11.6 Å². The highest BCUT2D eigenvalue weighted by atomic mass is 35.5. The molecule has 22 heavy (non-hydrogen) atoms. The summed E-state index contributed by atoms with van der Waals surface area (Å²) in [5, 5.41) is 11.2. The smallest absolute Gasteiger partial charge is 0.262 e. The summed E-state index contributed by atoms with van der Waals surface area (Å²) >= 11 is 6.25. The predicted molar refractivity (Wildman–Crippen MR) is 82.0 cm³/mol. The molecule has 7 nitrogen and oxygen atoms in total. The molecule has 1 saturated heterocycles. The lowest BCUT2D eigenvalue weighted by atomic mass is 10.1. The van der Waals surface area contributed by atoms with Crippen molar-refractivity contribution in [2.75, 3.05) is 19.6 Å². The van der Waals surface area contributed by atoms with Crippen LogP contribution in [0.3, 0.4) is 0 Å². The molecule has 1 aromatic heterocycles. The minimum atomic E-state index is -3.69. The van der Waals surface area contributed by atoms with Crippen LogP contribution < -0.4 is 5.32 Å². The van der Waals surface area contributed by atoms with E-state index in [1.165, 1.54) is 15.2 Å². The Kier molecular flexibility index (Phi) is 4.18. The average Bonchev–Trinajstić information content (AvgIpc) is 2.95. The number of nitrogens with zero attached hydrogens (tertiary/aromatic N) is 4. The van der Waals surface area contributed by atoms with Gasteiger partial charge in [-0.05, 0) is 11.6 Å². The second kappa shape index (κ2) is 5.96. The van der Waals surface area contributed by atoms with E-state index in [0.717, 1.165) is 5.56 Å². The molecule has 0 saturated carbocycles. The molecule has 9 heteroatoms. The van der Waals surface area contributed by atoms with Crippen molar-refractivity contribution in [3.8, 4) is 0 Å². The lowest BCUT2D eigenvalue weighted by Crippen LogP contribution is -2.49. The Labute approximate surface area is 133 Å². The van der Waals surface area contributed by atoms with E-state index in [2.05, 4.69) is 15.6 Å². The van der Waals surface area contributed by atoms with Crippen molar-refractivity contribution in [1.29, 1.82) is 0 Å². The van der Waals surface area contributed by atoms with Gasteiger partial charge in [0.05, 0.1) is 12.2 Å². The fourth-order valence-electron chi connectivity index (χ4n) is 2.62. The number of rotatable bonds is 3. The maximum atomic E-state index is 12.9. The molecule has 3 rings (SSSR count). The number of piperazine rings is 1. The Morgan fingerprint density at radius 1 is 1.36 bits per heavy atom. The normalized spacial score (nSPS) is 20.2. The van der Waals surface area contributed by atoms with E-state index < -0.39 is 10.0 Å². The highest BCUT2D eigenvalue weighted by molar-refractivity contribution is 7.89. The van der Waals surface area contributed by atoms with Crippen LogP contribution in [0.1, 0.15) is 11.6 Å². The maximum Gasteiger partial charge on any atom is 0.262 e. The van der Waals surface area contributed by atoms with E-state index in [1.54, 1.807) is 13.1 Å². The molecule has 0 radical (unpaired) electrons. The standard InChI is InChI=1S/C13H16ClN5O2S/c1-18-13(9-16-17-18)22(20,21)19-7-6-15-8-12(19)10-4-2-3-5-11(10)14/h2-5,9,12,15H,6-8H2,1H3. The molecule has 1 N–H and O–H groups in total. The Bertz CT molecular complexity index is 776. The lowest BCUT2D eigenvalue weighted by molar-refractivity contribution is 0.270. The van der Waals surface area contributed by atoms with E-state index in [4.69, 9.17) is 11.6 Å². The summed E-state index contributed by atoms with van der Waals surface area (Å²) in [5.74, 6) is 0. The molecular formula is C13H16ClN5O2S. The van der Waals surface area contributed by atoms with E-state index >= 15 is 0 Å². The van der Waals surface area contributed by atoms with Crippen LogP contribution in [0.2, 0.25) is 5.02 Å². The first-order valence-electron chi connectivity index (χ1n) is 6.83. The van der Waals surface area contributed by atoms with Crippen molar-refractivity contribution in [3.63, 3.8) is 0 Å². The van der Waals surface area contributed by atoms with Crippen LogP contribution in [0.15, 0.2) is 35.5 Å². The van der Waals surface area contributed by atoms with E-state index in [9.17, 15) is 8.42 Å². The van der Waals surface area contributed by atoms with Crippen molar-refractivity contribution < 1.29 is 8.42 Å². The molecule has 118 valence electrons. The lowest BCUT2D eigenvalue weighted by Gasteiger charge is -2.35. The SMILES string of the molecule is Cn1nncc1S(=O)(=O)N1CCNCC1c1ccccc1Cl. The fourth-order valence-corrected chi connectivity index (χ4v) is 4.53. The van der Waals surface area contributed by atoms with Crippen LogP contribution in [0.25, 0.3) is 0 Å². The van der Waals surface area contributed by atoms with Gasteiger partial charge in [-0.2, -0.15) is 4.31 Å². The second-order valence-corrected chi connectivity index (χ2v) is 7.30. The van der Waals surface area contributed by atoms with Crippen molar-refractivity contribution in [2.24, 2.45) is 7.05 Å². The summed E-state index contributed by atoms with van der Waals surface area (Å²) in [6, 6.07) is 6.94. The van der Waals surface area contributed by atoms with Gasteiger partial charge in [-0.25, -0.2) is 13.1 Å². The zero-order valence-electron chi connectivity index (χ0n) is 12.0. The predicted octanol–water partition coefficient (Wildman–Crippen LogP) is 0.804. The summed E-state index contributed by atoms with van der Waals surface area (Å²) in [6.07, 6.45) is 1.26. The number of hydrogen-bond acceptors (Lipinski definition) is 5. The summed E-state index contributed by atoms with van der Waals surface area (Å²) < 4.78 is 28.6. The average molecular weight is 342 g/mol. The largest absolute Gasteiger partial charge is 0.313 e. The van der Waals surface area contributed by atoms with Crippen molar-refractivity contribution in [2.45, 2.75) is 11.1 Å². The molecule has 2 heterocycles. The Morgan fingerprint density at radius 2 is 2.14 bits per heavy atom. The van der Waals surface area contributed by atoms with Gasteiger partial charge in [0.25, 0.3) is 10.0 Å². The first kappa shape index (κ1) is 15.4. The first-order chi connectivity index (χ1) is 10.5. The van der Waals surface area contributed by atoms with Crippen LogP contribution in [-0.2, 0) is 17.1 Å². The number of hydrogen-bond donors (Lipinski definition) is 1. The van der Waals surface area contributed by atoms with E-state index in [-0.39, 0.29) is 11.1 Å². The zero-order valence-corrected chi connectivity index (χ0v) is 13.5. The van der Waals surface area contributed by atoms with Gasteiger partial charge in [-0.1, -0.05) is 35.0 Å². The van der Waals surface area contributed by atoms with Crippen LogP contribution in [0, 0.1) is 0 Å². The molecule has 1 aliphatic heterocycles. The fraction of sp³-hybridized carbons (Fsp3) is 0.385. The van der Waals surface area contributed by atoms with Crippen LogP contribution in [0.4, 0.5) is 0 Å². The Balaban J connectivity index is 2.04. The quantitative estimate of drug-likeness (QED) is 0.893. The molecule has 1 unspecified atom stereocenters. The van der Waals surface area contributed by atoms with Gasteiger partial charge in [0, 0.05) is 31.7 Å². The van der Waals surface area contributed by atoms with Gasteiger partial charge < -0.3 is 5.32 Å². The van der Waals surface area contributed by atoms with Gasteiger partial charge >= 0.3 is 0 Å². The van der Waals surface area contributed by atoms with E-state index in [1.807, 2.05) is 18.2 Å².